The summed E-state index contributed by atoms with van der Waals surface area (Å²) in [6.45, 7) is 1.10. The summed E-state index contributed by atoms with van der Waals surface area (Å²) in [7, 11) is -2.83. The first-order chi connectivity index (χ1) is 5.08. The van der Waals surface area contributed by atoms with Crippen molar-refractivity contribution in [2.75, 3.05) is 25.2 Å². The van der Waals surface area contributed by atoms with Crippen LogP contribution >= 0.6 is 0 Å². The average Bonchev–Trinajstić information content (AvgIpc) is 2.60. The third kappa shape index (κ3) is 5.21. The fourth-order valence-corrected chi connectivity index (χ4v) is 1.17. The fraction of sp³-hybridized carbons (Fsp3) is 1.00. The Kier molecular flexibility index (Phi) is 2.90. The summed E-state index contributed by atoms with van der Waals surface area (Å²) < 4.78 is 26.4. The zero-order chi connectivity index (χ0) is 8.32. The van der Waals surface area contributed by atoms with Gasteiger partial charge in [0.05, 0.1) is 12.4 Å². The molecule has 0 radical (unpaired) electrons. The normalized spacial score (nSPS) is 18.6. The molecule has 0 saturated heterocycles. The quantitative estimate of drug-likeness (QED) is 0.574. The van der Waals surface area contributed by atoms with Crippen molar-refractivity contribution in [1.29, 1.82) is 0 Å². The van der Waals surface area contributed by atoms with Crippen LogP contribution in [-0.4, -0.2) is 33.6 Å². The minimum absolute atomic E-state index is 0.152. The van der Waals surface area contributed by atoms with Crippen LogP contribution in [0.4, 0.5) is 0 Å². The monoisotopic (exact) mass is 178 g/mol. The van der Waals surface area contributed by atoms with Crippen LogP contribution in [0.1, 0.15) is 12.8 Å². The highest BCUT2D eigenvalue weighted by Crippen LogP contribution is 2.28. The van der Waals surface area contributed by atoms with Crippen molar-refractivity contribution in [3.63, 3.8) is 0 Å². The first-order valence-corrected chi connectivity index (χ1v) is 5.89. The van der Waals surface area contributed by atoms with Crippen molar-refractivity contribution in [2.45, 2.75) is 12.8 Å². The highest BCUT2D eigenvalue weighted by atomic mass is 32.2. The van der Waals surface area contributed by atoms with Crippen LogP contribution in [0.25, 0.3) is 0 Å². The predicted octanol–water partition coefficient (Wildman–Crippen LogP) is 0.458. The molecule has 0 spiro atoms. The molecule has 0 aromatic rings. The van der Waals surface area contributed by atoms with Gasteiger partial charge in [-0.1, -0.05) is 0 Å². The van der Waals surface area contributed by atoms with E-state index >= 15 is 0 Å². The summed E-state index contributed by atoms with van der Waals surface area (Å²) in [4.78, 5) is 0. The summed E-state index contributed by atoms with van der Waals surface area (Å²) in [6.07, 6.45) is 3.73. The molecule has 0 atom stereocenters. The lowest BCUT2D eigenvalue weighted by atomic mass is 10.5. The van der Waals surface area contributed by atoms with Crippen molar-refractivity contribution < 1.29 is 13.2 Å². The molecule has 1 saturated carbocycles. The van der Waals surface area contributed by atoms with E-state index in [1.165, 1.54) is 19.1 Å². The number of rotatable bonds is 5. The van der Waals surface area contributed by atoms with Gasteiger partial charge in [-0.2, -0.15) is 0 Å². The van der Waals surface area contributed by atoms with Crippen LogP contribution < -0.4 is 0 Å². The van der Waals surface area contributed by atoms with Gasteiger partial charge in [0.15, 0.2) is 0 Å². The highest BCUT2D eigenvalue weighted by molar-refractivity contribution is 7.90. The molecule has 0 heterocycles. The van der Waals surface area contributed by atoms with Gasteiger partial charge in [0.25, 0.3) is 0 Å². The Morgan fingerprint density at radius 1 is 1.45 bits per heavy atom. The van der Waals surface area contributed by atoms with Crippen LogP contribution in [0.5, 0.6) is 0 Å². The van der Waals surface area contributed by atoms with Crippen molar-refractivity contribution in [2.24, 2.45) is 5.92 Å². The molecule has 1 rings (SSSR count). The minimum atomic E-state index is -2.83. The van der Waals surface area contributed by atoms with E-state index in [0.717, 1.165) is 12.5 Å². The highest BCUT2D eigenvalue weighted by Gasteiger charge is 2.21. The maximum Gasteiger partial charge on any atom is 0.149 e. The van der Waals surface area contributed by atoms with Gasteiger partial charge in [0.2, 0.25) is 0 Å². The molecule has 3 nitrogen and oxygen atoms in total. The summed E-state index contributed by atoms with van der Waals surface area (Å²) in [5.74, 6) is 0.870. The van der Waals surface area contributed by atoms with Crippen LogP contribution in [0, 0.1) is 5.92 Å². The van der Waals surface area contributed by atoms with Crippen LogP contribution in [0.3, 0.4) is 0 Å². The van der Waals surface area contributed by atoms with E-state index in [2.05, 4.69) is 0 Å². The van der Waals surface area contributed by atoms with E-state index in [1.807, 2.05) is 0 Å². The van der Waals surface area contributed by atoms with Gasteiger partial charge in [-0.25, -0.2) is 8.42 Å². The lowest BCUT2D eigenvalue weighted by molar-refractivity contribution is 0.138. The van der Waals surface area contributed by atoms with Crippen LogP contribution in [0.2, 0.25) is 0 Å². The minimum Gasteiger partial charge on any atom is -0.380 e. The molecule has 0 amide bonds. The van der Waals surface area contributed by atoms with Crippen LogP contribution in [0.15, 0.2) is 0 Å². The lowest BCUT2D eigenvalue weighted by Gasteiger charge is -2.00. The molecule has 0 aromatic heterocycles. The molecule has 66 valence electrons. The van der Waals surface area contributed by atoms with Gasteiger partial charge in [-0.05, 0) is 18.8 Å². The molecule has 0 unspecified atom stereocenters. The summed E-state index contributed by atoms with van der Waals surface area (Å²) in [6, 6.07) is 0. The Morgan fingerprint density at radius 3 is 2.55 bits per heavy atom. The molecule has 0 N–H and O–H groups in total. The zero-order valence-electron chi connectivity index (χ0n) is 6.75. The van der Waals surface area contributed by atoms with E-state index in [1.54, 1.807) is 0 Å². The number of ether oxygens (including phenoxy) is 1. The molecule has 1 aliphatic carbocycles. The number of hydrogen-bond donors (Lipinski definition) is 0. The topological polar surface area (TPSA) is 43.4 Å². The SMILES string of the molecule is CS(=O)(=O)CCOCC1CC1. The largest absolute Gasteiger partial charge is 0.380 e. The molecular weight excluding hydrogens is 164 g/mol. The average molecular weight is 178 g/mol. The number of sulfone groups is 1. The summed E-state index contributed by atoms with van der Waals surface area (Å²) in [5, 5.41) is 0. The number of hydrogen-bond acceptors (Lipinski definition) is 3. The molecule has 0 aliphatic heterocycles. The smallest absolute Gasteiger partial charge is 0.149 e. The summed E-state index contributed by atoms with van der Waals surface area (Å²) in [5.41, 5.74) is 0. The van der Waals surface area contributed by atoms with E-state index in [4.69, 9.17) is 4.74 Å². The molecule has 1 aliphatic rings. The van der Waals surface area contributed by atoms with Crippen molar-refractivity contribution >= 4 is 9.84 Å². The van der Waals surface area contributed by atoms with E-state index in [0.29, 0.717) is 6.61 Å². The van der Waals surface area contributed by atoms with Gasteiger partial charge in [-0.15, -0.1) is 0 Å². The Balaban J connectivity index is 1.95. The zero-order valence-corrected chi connectivity index (χ0v) is 7.56. The third-order valence-electron chi connectivity index (χ3n) is 1.65. The van der Waals surface area contributed by atoms with Gasteiger partial charge >= 0.3 is 0 Å². The molecular formula is C7H14O3S. The van der Waals surface area contributed by atoms with Crippen LogP contribution in [-0.2, 0) is 14.6 Å². The van der Waals surface area contributed by atoms with E-state index in [9.17, 15) is 8.42 Å². The van der Waals surface area contributed by atoms with Gasteiger partial charge in [-0.3, -0.25) is 0 Å². The lowest BCUT2D eigenvalue weighted by Crippen LogP contribution is -2.11. The Morgan fingerprint density at radius 2 is 2.09 bits per heavy atom. The first-order valence-electron chi connectivity index (χ1n) is 3.83. The molecule has 4 heteroatoms. The van der Waals surface area contributed by atoms with Gasteiger partial charge in [0.1, 0.15) is 9.84 Å². The second kappa shape index (κ2) is 3.54. The fourth-order valence-electron chi connectivity index (χ4n) is 0.745. The second-order valence-electron chi connectivity index (χ2n) is 3.15. The Hall–Kier alpha value is -0.0900. The molecule has 0 aromatic carbocycles. The Labute approximate surface area is 67.7 Å². The first kappa shape index (κ1) is 9.00. The second-order valence-corrected chi connectivity index (χ2v) is 5.41. The van der Waals surface area contributed by atoms with Crippen molar-refractivity contribution in [1.82, 2.24) is 0 Å². The van der Waals surface area contributed by atoms with Gasteiger partial charge < -0.3 is 4.74 Å². The maximum atomic E-state index is 10.6. The molecule has 1 fully saturated rings. The summed E-state index contributed by atoms with van der Waals surface area (Å²) >= 11 is 0. The van der Waals surface area contributed by atoms with Gasteiger partial charge in [0, 0.05) is 12.9 Å². The van der Waals surface area contributed by atoms with Crippen molar-refractivity contribution in [3.05, 3.63) is 0 Å². The van der Waals surface area contributed by atoms with E-state index < -0.39 is 9.84 Å². The maximum absolute atomic E-state index is 10.6. The van der Waals surface area contributed by atoms with E-state index in [-0.39, 0.29) is 5.75 Å². The molecule has 0 bridgehead atoms. The Bertz CT molecular complexity index is 204. The predicted molar refractivity (Wildman–Crippen MR) is 43.3 cm³/mol. The van der Waals surface area contributed by atoms with Crippen molar-refractivity contribution in [3.8, 4) is 0 Å². The standard InChI is InChI=1S/C7H14O3S/c1-11(8,9)5-4-10-6-7-2-3-7/h7H,2-6H2,1H3. The molecule has 11 heavy (non-hydrogen) atoms. The third-order valence-corrected chi connectivity index (χ3v) is 2.56.